The van der Waals surface area contributed by atoms with E-state index in [2.05, 4.69) is 30.3 Å². The number of aromatic nitrogens is 5. The Labute approximate surface area is 188 Å². The number of hydrogen-bond acceptors (Lipinski definition) is 8. The van der Waals surface area contributed by atoms with Crippen LogP contribution in [-0.2, 0) is 6.54 Å². The highest BCUT2D eigenvalue weighted by Gasteiger charge is 2.25. The van der Waals surface area contributed by atoms with Crippen molar-refractivity contribution in [3.05, 3.63) is 52.2 Å². The summed E-state index contributed by atoms with van der Waals surface area (Å²) < 4.78 is 6.74. The fourth-order valence-corrected chi connectivity index (χ4v) is 4.28. The molecule has 0 saturated carbocycles. The lowest BCUT2D eigenvalue weighted by Gasteiger charge is -2.25. The molecular weight excluding hydrogens is 439 g/mol. The van der Waals surface area contributed by atoms with Crippen LogP contribution in [0.3, 0.4) is 0 Å². The first-order valence-electron chi connectivity index (χ1n) is 9.93. The summed E-state index contributed by atoms with van der Waals surface area (Å²) in [5.41, 5.74) is 7.13. The number of nitrogens with two attached hydrogens (primary N) is 1. The summed E-state index contributed by atoms with van der Waals surface area (Å²) in [6, 6.07) is 9.50. The van der Waals surface area contributed by atoms with Gasteiger partial charge in [0.2, 0.25) is 17.7 Å². The number of anilines is 2. The fraction of sp³-hybridized carbons (Fsp3) is 0.300. The maximum absolute atomic E-state index is 6.36. The van der Waals surface area contributed by atoms with Crippen molar-refractivity contribution in [1.29, 1.82) is 0 Å². The fourth-order valence-electron chi connectivity index (χ4n) is 3.81. The van der Waals surface area contributed by atoms with E-state index in [0.29, 0.717) is 45.9 Å². The Kier molecular flexibility index (Phi) is 5.39. The molecule has 1 aliphatic rings. The second-order valence-corrected chi connectivity index (χ2v) is 8.26. The average Bonchev–Trinajstić information content (AvgIpc) is 3.49. The number of nitrogens with zero attached hydrogens (tertiary/aromatic N) is 6. The van der Waals surface area contributed by atoms with Crippen molar-refractivity contribution in [1.82, 2.24) is 29.5 Å². The standard InChI is InChI=1S/C20H20Cl2N8O/c21-13-6-5-12(15(22)9-13)11-29-7-1-3-14(29)10-24-19-26-18(23)30-20(27-19)25-17(28-30)16-4-2-8-31-16/h2,4-6,8-9,14H,1,3,7,10-11H2,(H3,23,24,25,26,27,28). The number of halogens is 2. The molecule has 5 rings (SSSR count). The van der Waals surface area contributed by atoms with Crippen LogP contribution in [0.25, 0.3) is 17.4 Å². The van der Waals surface area contributed by atoms with Crippen molar-refractivity contribution in [2.75, 3.05) is 24.1 Å². The molecule has 0 bridgehead atoms. The van der Waals surface area contributed by atoms with Crippen molar-refractivity contribution in [3.63, 3.8) is 0 Å². The third kappa shape index (κ3) is 4.16. The largest absolute Gasteiger partial charge is 0.461 e. The summed E-state index contributed by atoms with van der Waals surface area (Å²) in [6.45, 7) is 2.45. The minimum absolute atomic E-state index is 0.203. The van der Waals surface area contributed by atoms with Crippen LogP contribution in [-0.4, -0.2) is 48.6 Å². The van der Waals surface area contributed by atoms with Gasteiger partial charge in [-0.3, -0.25) is 4.90 Å². The van der Waals surface area contributed by atoms with E-state index in [9.17, 15) is 0 Å². The summed E-state index contributed by atoms with van der Waals surface area (Å²) >= 11 is 12.4. The molecular formula is C20H20Cl2N8O. The van der Waals surface area contributed by atoms with Gasteiger partial charge in [0, 0.05) is 29.2 Å². The highest BCUT2D eigenvalue weighted by molar-refractivity contribution is 6.35. The number of likely N-dealkylation sites (tertiary alicyclic amines) is 1. The second kappa shape index (κ2) is 8.33. The van der Waals surface area contributed by atoms with Crippen LogP contribution in [0.15, 0.2) is 41.0 Å². The summed E-state index contributed by atoms with van der Waals surface area (Å²) in [7, 11) is 0. The number of fused-ring (bicyclic) bond motifs is 1. The molecule has 0 spiro atoms. The van der Waals surface area contributed by atoms with Gasteiger partial charge in [-0.25, -0.2) is 0 Å². The summed E-state index contributed by atoms with van der Waals surface area (Å²) in [5.74, 6) is 1.93. The molecule has 4 heterocycles. The Bertz CT molecular complexity index is 1210. The topological polar surface area (TPSA) is 110 Å². The molecule has 0 amide bonds. The number of furan rings is 1. The van der Waals surface area contributed by atoms with E-state index in [-0.39, 0.29) is 5.95 Å². The third-order valence-corrected chi connectivity index (χ3v) is 5.95. The minimum Gasteiger partial charge on any atom is -0.461 e. The predicted molar refractivity (Wildman–Crippen MR) is 119 cm³/mol. The van der Waals surface area contributed by atoms with Crippen LogP contribution in [0.5, 0.6) is 0 Å². The van der Waals surface area contributed by atoms with Gasteiger partial charge in [0.1, 0.15) is 0 Å². The Morgan fingerprint density at radius 1 is 1.19 bits per heavy atom. The van der Waals surface area contributed by atoms with E-state index in [1.54, 1.807) is 24.5 Å². The molecule has 1 unspecified atom stereocenters. The van der Waals surface area contributed by atoms with E-state index < -0.39 is 0 Å². The van der Waals surface area contributed by atoms with Gasteiger partial charge in [0.25, 0.3) is 5.78 Å². The molecule has 0 radical (unpaired) electrons. The molecule has 160 valence electrons. The minimum atomic E-state index is 0.203. The molecule has 1 fully saturated rings. The first-order valence-corrected chi connectivity index (χ1v) is 10.7. The lowest BCUT2D eigenvalue weighted by atomic mass is 10.2. The molecule has 1 atom stereocenters. The number of rotatable bonds is 6. The van der Waals surface area contributed by atoms with E-state index in [1.807, 2.05) is 12.1 Å². The van der Waals surface area contributed by atoms with Crippen LogP contribution in [0.2, 0.25) is 10.0 Å². The smallest absolute Gasteiger partial charge is 0.259 e. The van der Waals surface area contributed by atoms with Gasteiger partial charge in [-0.2, -0.15) is 19.5 Å². The van der Waals surface area contributed by atoms with Crippen LogP contribution in [0, 0.1) is 0 Å². The highest BCUT2D eigenvalue weighted by Crippen LogP contribution is 2.26. The summed E-state index contributed by atoms with van der Waals surface area (Å²) in [5, 5.41) is 8.94. The highest BCUT2D eigenvalue weighted by atomic mass is 35.5. The first-order chi connectivity index (χ1) is 15.1. The Hall–Kier alpha value is -2.88. The normalized spacial score (nSPS) is 16.9. The summed E-state index contributed by atoms with van der Waals surface area (Å²) in [4.78, 5) is 15.6. The molecule has 3 aromatic heterocycles. The Morgan fingerprint density at radius 2 is 2.10 bits per heavy atom. The van der Waals surface area contributed by atoms with E-state index in [4.69, 9.17) is 33.4 Å². The lowest BCUT2D eigenvalue weighted by Crippen LogP contribution is -2.35. The molecule has 3 N–H and O–H groups in total. The Morgan fingerprint density at radius 3 is 2.90 bits per heavy atom. The summed E-state index contributed by atoms with van der Waals surface area (Å²) in [6.07, 6.45) is 3.76. The lowest BCUT2D eigenvalue weighted by molar-refractivity contribution is 0.254. The monoisotopic (exact) mass is 458 g/mol. The van der Waals surface area contributed by atoms with Gasteiger partial charge in [-0.1, -0.05) is 29.3 Å². The Balaban J connectivity index is 1.29. The van der Waals surface area contributed by atoms with Gasteiger partial charge < -0.3 is 15.5 Å². The van der Waals surface area contributed by atoms with Crippen molar-refractivity contribution in [2.45, 2.75) is 25.4 Å². The molecule has 0 aliphatic carbocycles. The molecule has 11 heteroatoms. The average molecular weight is 459 g/mol. The molecule has 4 aromatic rings. The van der Waals surface area contributed by atoms with Crippen molar-refractivity contribution < 1.29 is 4.42 Å². The number of benzene rings is 1. The molecule has 9 nitrogen and oxygen atoms in total. The number of nitrogens with one attached hydrogen (secondary N) is 1. The van der Waals surface area contributed by atoms with Crippen LogP contribution < -0.4 is 11.1 Å². The van der Waals surface area contributed by atoms with Gasteiger partial charge in [-0.15, -0.1) is 5.10 Å². The zero-order chi connectivity index (χ0) is 21.4. The molecule has 1 aromatic carbocycles. The van der Waals surface area contributed by atoms with Crippen LogP contribution in [0.1, 0.15) is 18.4 Å². The molecule has 31 heavy (non-hydrogen) atoms. The first kappa shape index (κ1) is 20.0. The van der Waals surface area contributed by atoms with Crippen molar-refractivity contribution in [3.8, 4) is 11.6 Å². The predicted octanol–water partition coefficient (Wildman–Crippen LogP) is 3.74. The van der Waals surface area contributed by atoms with Gasteiger partial charge in [-0.05, 0) is 49.2 Å². The van der Waals surface area contributed by atoms with E-state index >= 15 is 0 Å². The maximum Gasteiger partial charge on any atom is 0.259 e. The maximum atomic E-state index is 6.36. The molecule has 1 saturated heterocycles. The molecule has 1 aliphatic heterocycles. The third-order valence-electron chi connectivity index (χ3n) is 5.36. The zero-order valence-electron chi connectivity index (χ0n) is 16.5. The van der Waals surface area contributed by atoms with E-state index in [1.165, 1.54) is 4.52 Å². The SMILES string of the molecule is Nc1nc(NCC2CCCN2Cc2ccc(Cl)cc2Cl)nc2nc(-c3ccco3)nn12. The quantitative estimate of drug-likeness (QED) is 0.449. The van der Waals surface area contributed by atoms with Crippen LogP contribution >= 0.6 is 23.2 Å². The zero-order valence-corrected chi connectivity index (χ0v) is 18.0. The van der Waals surface area contributed by atoms with E-state index in [0.717, 1.165) is 31.5 Å². The van der Waals surface area contributed by atoms with Gasteiger partial charge >= 0.3 is 0 Å². The second-order valence-electron chi connectivity index (χ2n) is 7.41. The van der Waals surface area contributed by atoms with Crippen molar-refractivity contribution >= 4 is 40.9 Å². The van der Waals surface area contributed by atoms with Gasteiger partial charge in [0.15, 0.2) is 5.76 Å². The number of nitrogen functional groups attached to an aromatic ring is 1. The van der Waals surface area contributed by atoms with Crippen molar-refractivity contribution in [2.24, 2.45) is 0 Å². The van der Waals surface area contributed by atoms with Gasteiger partial charge in [0.05, 0.1) is 6.26 Å². The number of hydrogen-bond donors (Lipinski definition) is 2. The van der Waals surface area contributed by atoms with Crippen LogP contribution in [0.4, 0.5) is 11.9 Å².